The van der Waals surface area contributed by atoms with Gasteiger partial charge in [0.15, 0.2) is 22.6 Å². The van der Waals surface area contributed by atoms with Crippen LogP contribution >= 0.6 is 0 Å². The second kappa shape index (κ2) is 6.46. The molecule has 0 aliphatic heterocycles. The van der Waals surface area contributed by atoms with E-state index in [1.54, 1.807) is 12.1 Å². The van der Waals surface area contributed by atoms with E-state index in [0.717, 1.165) is 5.56 Å². The summed E-state index contributed by atoms with van der Waals surface area (Å²) in [4.78, 5) is 0. The van der Waals surface area contributed by atoms with Crippen molar-refractivity contribution in [1.82, 2.24) is 0 Å². The molecule has 0 saturated carbocycles. The van der Waals surface area contributed by atoms with Crippen LogP contribution in [0, 0.1) is 0 Å². The molecule has 0 saturated heterocycles. The van der Waals surface area contributed by atoms with Gasteiger partial charge in [0, 0.05) is 0 Å². The Kier molecular flexibility index (Phi) is 5.24. The fourth-order valence-electron chi connectivity index (χ4n) is 1.48. The van der Waals surface area contributed by atoms with Crippen molar-refractivity contribution in [2.75, 3.05) is 27.1 Å². The average Bonchev–Trinajstić information content (AvgIpc) is 2.34. The minimum atomic E-state index is -1.80. The summed E-state index contributed by atoms with van der Waals surface area (Å²) in [5.41, 5.74) is 0.863. The first-order chi connectivity index (χ1) is 8.12. The summed E-state index contributed by atoms with van der Waals surface area (Å²) < 4.78 is 34.9. The molecule has 0 fully saturated rings. The Hall–Kier alpha value is -1.27. The van der Waals surface area contributed by atoms with Gasteiger partial charge in [-0.15, -0.1) is 0 Å². The monoisotopic (exact) mass is 260 g/mol. The molecule has 1 rings (SSSR count). The van der Waals surface area contributed by atoms with Gasteiger partial charge in [0.05, 0.1) is 27.1 Å². The molecule has 0 spiro atoms. The minimum Gasteiger partial charge on any atom is -0.493 e. The third-order valence-corrected chi connectivity index (χ3v) is 2.84. The maximum Gasteiger partial charge on any atom is 0.203 e. The first-order valence-corrected chi connectivity index (χ1v) is 6.26. The number of hydrogen-bond donors (Lipinski definition) is 1. The van der Waals surface area contributed by atoms with Crippen molar-refractivity contribution in [1.29, 1.82) is 0 Å². The molecule has 1 unspecified atom stereocenters. The Morgan fingerprint density at radius 1 is 1.12 bits per heavy atom. The van der Waals surface area contributed by atoms with E-state index in [9.17, 15) is 4.21 Å². The molecule has 0 amide bonds. The molecule has 5 nitrogen and oxygen atoms in total. The molecule has 1 N–H and O–H groups in total. The number of methoxy groups -OCH3 is 3. The third kappa shape index (κ3) is 3.61. The normalized spacial score (nSPS) is 12.0. The van der Waals surface area contributed by atoms with E-state index in [2.05, 4.69) is 0 Å². The van der Waals surface area contributed by atoms with E-state index in [1.165, 1.54) is 21.3 Å². The number of hydrogen-bond acceptors (Lipinski definition) is 4. The lowest BCUT2D eigenvalue weighted by Crippen LogP contribution is -2.01. The third-order valence-electron chi connectivity index (χ3n) is 2.29. The van der Waals surface area contributed by atoms with Gasteiger partial charge < -0.3 is 18.8 Å². The van der Waals surface area contributed by atoms with Crippen molar-refractivity contribution >= 4 is 11.1 Å². The lowest BCUT2D eigenvalue weighted by Gasteiger charge is -2.13. The molecule has 96 valence electrons. The number of ether oxygens (including phenoxy) is 3. The second-order valence-corrected chi connectivity index (χ2v) is 4.36. The van der Waals surface area contributed by atoms with Crippen molar-refractivity contribution in [2.24, 2.45) is 0 Å². The van der Waals surface area contributed by atoms with Gasteiger partial charge in [-0.2, -0.15) is 0 Å². The summed E-state index contributed by atoms with van der Waals surface area (Å²) in [6.45, 7) is 0. The molecule has 0 bridgehead atoms. The van der Waals surface area contributed by atoms with Crippen molar-refractivity contribution in [3.05, 3.63) is 17.7 Å². The van der Waals surface area contributed by atoms with E-state index < -0.39 is 11.1 Å². The molecule has 17 heavy (non-hydrogen) atoms. The smallest absolute Gasteiger partial charge is 0.203 e. The first kappa shape index (κ1) is 13.8. The summed E-state index contributed by atoms with van der Waals surface area (Å²) in [7, 11) is 4.60. The van der Waals surface area contributed by atoms with Crippen molar-refractivity contribution < 1.29 is 23.0 Å². The van der Waals surface area contributed by atoms with Gasteiger partial charge >= 0.3 is 0 Å². The SMILES string of the molecule is COc1cc(CCS(=O)O)cc(OC)c1OC. The van der Waals surface area contributed by atoms with Gasteiger partial charge in [-0.25, -0.2) is 4.21 Å². The molecule has 0 aromatic heterocycles. The fourth-order valence-corrected chi connectivity index (χ4v) is 1.90. The Morgan fingerprint density at radius 3 is 2.00 bits per heavy atom. The fraction of sp³-hybridized carbons (Fsp3) is 0.455. The predicted molar refractivity (Wildman–Crippen MR) is 65.4 cm³/mol. The van der Waals surface area contributed by atoms with Crippen LogP contribution in [0.25, 0.3) is 0 Å². The predicted octanol–water partition coefficient (Wildman–Crippen LogP) is 1.48. The van der Waals surface area contributed by atoms with Crippen LogP contribution in [0.1, 0.15) is 5.56 Å². The van der Waals surface area contributed by atoms with Gasteiger partial charge in [-0.05, 0) is 24.1 Å². The van der Waals surface area contributed by atoms with Gasteiger partial charge in [0.2, 0.25) is 5.75 Å². The standard InChI is InChI=1S/C11H16O5S/c1-14-9-6-8(4-5-17(12)13)7-10(15-2)11(9)16-3/h6-7H,4-5H2,1-3H3,(H,12,13). The van der Waals surface area contributed by atoms with Crippen LogP contribution in [-0.2, 0) is 17.5 Å². The molecule has 1 aromatic rings. The summed E-state index contributed by atoms with van der Waals surface area (Å²) in [6.07, 6.45) is 0.472. The van der Waals surface area contributed by atoms with Crippen LogP contribution in [0.4, 0.5) is 0 Å². The number of rotatable bonds is 6. The zero-order chi connectivity index (χ0) is 12.8. The van der Waals surface area contributed by atoms with Crippen molar-refractivity contribution in [3.8, 4) is 17.2 Å². The van der Waals surface area contributed by atoms with E-state index in [-0.39, 0.29) is 5.75 Å². The largest absolute Gasteiger partial charge is 0.493 e. The molecule has 6 heteroatoms. The highest BCUT2D eigenvalue weighted by molar-refractivity contribution is 7.79. The molecular weight excluding hydrogens is 244 g/mol. The van der Waals surface area contributed by atoms with E-state index in [0.29, 0.717) is 23.7 Å². The van der Waals surface area contributed by atoms with Crippen LogP contribution in [0.2, 0.25) is 0 Å². The molecule has 0 radical (unpaired) electrons. The summed E-state index contributed by atoms with van der Waals surface area (Å²) in [5, 5.41) is 0. The lowest BCUT2D eigenvalue weighted by atomic mass is 10.1. The van der Waals surface area contributed by atoms with E-state index >= 15 is 0 Å². The molecule has 1 aromatic carbocycles. The van der Waals surface area contributed by atoms with E-state index in [4.69, 9.17) is 18.8 Å². The summed E-state index contributed by atoms with van der Waals surface area (Å²) in [6, 6.07) is 3.54. The Labute approximate surface area is 103 Å². The highest BCUT2D eigenvalue weighted by atomic mass is 32.2. The topological polar surface area (TPSA) is 65.0 Å². The molecule has 0 aliphatic carbocycles. The van der Waals surface area contributed by atoms with Crippen LogP contribution < -0.4 is 14.2 Å². The lowest BCUT2D eigenvalue weighted by molar-refractivity contribution is 0.324. The van der Waals surface area contributed by atoms with Gasteiger partial charge in [-0.1, -0.05) is 0 Å². The zero-order valence-corrected chi connectivity index (χ0v) is 10.9. The second-order valence-electron chi connectivity index (χ2n) is 3.31. The van der Waals surface area contributed by atoms with Gasteiger partial charge in [-0.3, -0.25) is 0 Å². The number of aryl methyl sites for hydroxylation is 1. The van der Waals surface area contributed by atoms with Crippen LogP contribution in [0.3, 0.4) is 0 Å². The highest BCUT2D eigenvalue weighted by Gasteiger charge is 2.13. The van der Waals surface area contributed by atoms with Crippen LogP contribution in [0.15, 0.2) is 12.1 Å². The van der Waals surface area contributed by atoms with Crippen LogP contribution in [-0.4, -0.2) is 35.8 Å². The molecule has 0 aliphatic rings. The minimum absolute atomic E-state index is 0.179. The summed E-state index contributed by atoms with van der Waals surface area (Å²) >= 11 is -1.80. The van der Waals surface area contributed by atoms with E-state index in [1.807, 2.05) is 0 Å². The maximum atomic E-state index is 10.6. The summed E-state index contributed by atoms with van der Waals surface area (Å²) in [5.74, 6) is 1.79. The number of benzene rings is 1. The van der Waals surface area contributed by atoms with Crippen molar-refractivity contribution in [2.45, 2.75) is 6.42 Å². The average molecular weight is 260 g/mol. The van der Waals surface area contributed by atoms with Crippen LogP contribution in [0.5, 0.6) is 17.2 Å². The highest BCUT2D eigenvalue weighted by Crippen LogP contribution is 2.38. The Bertz CT molecular complexity index is 380. The molecule has 0 heterocycles. The maximum absolute atomic E-state index is 10.6. The quantitative estimate of drug-likeness (QED) is 0.785. The Balaban J connectivity index is 3.04. The molecular formula is C11H16O5S. The first-order valence-electron chi connectivity index (χ1n) is 4.98. The molecule has 1 atom stereocenters. The van der Waals surface area contributed by atoms with Gasteiger partial charge in [0.1, 0.15) is 0 Å². The van der Waals surface area contributed by atoms with Crippen molar-refractivity contribution in [3.63, 3.8) is 0 Å². The zero-order valence-electron chi connectivity index (χ0n) is 10.1. The Morgan fingerprint density at radius 2 is 1.65 bits per heavy atom. The van der Waals surface area contributed by atoms with Gasteiger partial charge in [0.25, 0.3) is 0 Å².